The Morgan fingerprint density at radius 1 is 1.03 bits per heavy atom. The summed E-state index contributed by atoms with van der Waals surface area (Å²) in [5.74, 6) is -2.33. The number of para-hydroxylation sites is 1. The number of hydrogen-bond acceptors (Lipinski definition) is 6. The van der Waals surface area contributed by atoms with Gasteiger partial charge in [-0.05, 0) is 42.5 Å². The van der Waals surface area contributed by atoms with E-state index in [9.17, 15) is 14.9 Å². The van der Waals surface area contributed by atoms with E-state index in [-0.39, 0.29) is 5.69 Å². The van der Waals surface area contributed by atoms with Crippen LogP contribution in [0.4, 0.5) is 11.4 Å². The second kappa shape index (κ2) is 8.89. The number of rotatable bonds is 5. The number of benzene rings is 3. The molecule has 2 heterocycles. The third-order valence-corrected chi connectivity index (χ3v) is 6.66. The molecule has 0 saturated carbocycles. The van der Waals surface area contributed by atoms with Crippen LogP contribution >= 0.6 is 11.8 Å². The van der Waals surface area contributed by atoms with Crippen LogP contribution in [0.5, 0.6) is 0 Å². The zero-order valence-electron chi connectivity index (χ0n) is 17.9. The quantitative estimate of drug-likeness (QED) is 0.251. The smallest absolute Gasteiger partial charge is 0.249 e. The number of nitrogens with one attached hydrogen (secondary N) is 1. The first-order valence-electron chi connectivity index (χ1n) is 10.6. The molecule has 8 heteroatoms. The van der Waals surface area contributed by atoms with Gasteiger partial charge in [-0.25, -0.2) is 4.68 Å². The topological polar surface area (TPSA) is 114 Å². The number of nitriles is 1. The lowest BCUT2D eigenvalue weighted by molar-refractivity contribution is -0.117. The van der Waals surface area contributed by atoms with Crippen molar-refractivity contribution >= 4 is 34.8 Å². The van der Waals surface area contributed by atoms with Crippen molar-refractivity contribution in [1.29, 1.82) is 5.26 Å². The van der Waals surface area contributed by atoms with Gasteiger partial charge in [-0.1, -0.05) is 36.4 Å². The predicted octanol–water partition coefficient (Wildman–Crippen LogP) is 4.69. The lowest BCUT2D eigenvalue weighted by atomic mass is 9.97. The monoisotopic (exact) mass is 465 g/mol. The molecule has 4 aromatic rings. The minimum absolute atomic E-state index is 0.128. The maximum Gasteiger partial charge on any atom is 0.249 e. The highest BCUT2D eigenvalue weighted by Crippen LogP contribution is 2.44. The number of ketones is 1. The zero-order valence-corrected chi connectivity index (χ0v) is 18.8. The molecule has 7 nitrogen and oxygen atoms in total. The fraction of sp³-hybridized carbons (Fsp3) is 0.0769. The van der Waals surface area contributed by atoms with Crippen LogP contribution in [0.1, 0.15) is 16.1 Å². The molecular weight excluding hydrogens is 446 g/mol. The number of anilines is 2. The Morgan fingerprint density at radius 2 is 1.74 bits per heavy atom. The number of nitrogen functional groups attached to an aromatic ring is 1. The van der Waals surface area contributed by atoms with Gasteiger partial charge < -0.3 is 11.1 Å². The average molecular weight is 466 g/mol. The Bertz CT molecular complexity index is 1440. The van der Waals surface area contributed by atoms with Crippen LogP contribution in [0.15, 0.2) is 83.8 Å². The van der Waals surface area contributed by atoms with Crippen molar-refractivity contribution < 1.29 is 9.59 Å². The van der Waals surface area contributed by atoms with Crippen molar-refractivity contribution in [3.8, 4) is 23.0 Å². The van der Waals surface area contributed by atoms with E-state index in [0.29, 0.717) is 22.7 Å². The molecule has 34 heavy (non-hydrogen) atoms. The first-order chi connectivity index (χ1) is 16.6. The maximum absolute atomic E-state index is 13.5. The van der Waals surface area contributed by atoms with E-state index < -0.39 is 17.6 Å². The summed E-state index contributed by atoms with van der Waals surface area (Å²) >= 11 is 1.60. The largest absolute Gasteiger partial charge is 0.399 e. The Kier molecular flexibility index (Phi) is 5.62. The molecular formula is C26H19N5O2S. The van der Waals surface area contributed by atoms with E-state index in [4.69, 9.17) is 5.73 Å². The molecule has 0 radical (unpaired) electrons. The molecule has 3 N–H and O–H groups in total. The Labute approximate surface area is 200 Å². The van der Waals surface area contributed by atoms with Crippen LogP contribution in [-0.2, 0) is 10.5 Å². The highest BCUT2D eigenvalue weighted by molar-refractivity contribution is 7.98. The summed E-state index contributed by atoms with van der Waals surface area (Å²) in [4.78, 5) is 27.4. The van der Waals surface area contributed by atoms with Gasteiger partial charge in [-0.2, -0.15) is 10.4 Å². The van der Waals surface area contributed by atoms with Crippen molar-refractivity contribution in [1.82, 2.24) is 9.78 Å². The molecule has 0 spiro atoms. The van der Waals surface area contributed by atoms with E-state index in [1.807, 2.05) is 48.5 Å². The molecule has 1 atom stereocenters. The summed E-state index contributed by atoms with van der Waals surface area (Å²) in [7, 11) is 0. The summed E-state index contributed by atoms with van der Waals surface area (Å²) in [6.07, 6.45) is 0. The first kappa shape index (κ1) is 21.5. The van der Waals surface area contributed by atoms with Gasteiger partial charge >= 0.3 is 0 Å². The van der Waals surface area contributed by atoms with Gasteiger partial charge in [0.05, 0.1) is 17.5 Å². The lowest BCUT2D eigenvalue weighted by Crippen LogP contribution is -2.29. The minimum atomic E-state index is -1.53. The van der Waals surface area contributed by atoms with Crippen LogP contribution in [-0.4, -0.2) is 21.5 Å². The molecule has 1 aromatic heterocycles. The van der Waals surface area contributed by atoms with E-state index >= 15 is 0 Å². The lowest BCUT2D eigenvalue weighted by Gasteiger charge is -2.18. The van der Waals surface area contributed by atoms with Gasteiger partial charge in [-0.3, -0.25) is 9.59 Å². The van der Waals surface area contributed by atoms with Crippen LogP contribution in [0.25, 0.3) is 16.9 Å². The van der Waals surface area contributed by atoms with E-state index in [2.05, 4.69) is 10.4 Å². The molecule has 1 amide bonds. The number of amides is 1. The van der Waals surface area contributed by atoms with Crippen molar-refractivity contribution in [3.05, 3.63) is 90.1 Å². The van der Waals surface area contributed by atoms with Gasteiger partial charge in [0.25, 0.3) is 0 Å². The van der Waals surface area contributed by atoms with E-state index in [0.717, 1.165) is 21.8 Å². The Hall–Kier alpha value is -4.35. The Morgan fingerprint density at radius 3 is 2.47 bits per heavy atom. The minimum Gasteiger partial charge on any atom is -0.399 e. The van der Waals surface area contributed by atoms with Crippen LogP contribution in [0, 0.1) is 17.2 Å². The molecule has 0 saturated heterocycles. The van der Waals surface area contributed by atoms with Crippen molar-refractivity contribution in [2.45, 2.75) is 10.6 Å². The number of thioether (sulfide) groups is 1. The number of fused-ring (bicyclic) bond motifs is 3. The molecule has 1 aliphatic heterocycles. The fourth-order valence-corrected chi connectivity index (χ4v) is 4.98. The molecule has 0 fully saturated rings. The van der Waals surface area contributed by atoms with E-state index in [1.54, 1.807) is 52.8 Å². The summed E-state index contributed by atoms with van der Waals surface area (Å²) in [5.41, 5.74) is 10.3. The molecule has 5 rings (SSSR count). The highest BCUT2D eigenvalue weighted by Gasteiger charge is 2.35. The van der Waals surface area contributed by atoms with Crippen molar-refractivity contribution in [2.75, 3.05) is 11.1 Å². The predicted molar refractivity (Wildman–Crippen MR) is 131 cm³/mol. The number of carbonyl (C=O) groups is 2. The standard InChI is InChI=1S/C26H19N5O2S/c27-14-20(26(33)29-17-6-2-1-3-7-17)25(32)23-21-15-34-22-9-5-4-8-19(22)24(21)31(30-23)18-12-10-16(28)11-13-18/h1-13,20H,15,28H2,(H,29,33). The molecule has 1 unspecified atom stereocenters. The van der Waals surface area contributed by atoms with Crippen LogP contribution < -0.4 is 11.1 Å². The highest BCUT2D eigenvalue weighted by atomic mass is 32.2. The number of nitrogens with zero attached hydrogens (tertiary/aromatic N) is 3. The third kappa shape index (κ3) is 3.83. The van der Waals surface area contributed by atoms with Crippen molar-refractivity contribution in [3.63, 3.8) is 0 Å². The Balaban J connectivity index is 1.59. The number of nitrogens with two attached hydrogens (primary N) is 1. The molecule has 166 valence electrons. The molecule has 0 aliphatic carbocycles. The summed E-state index contributed by atoms with van der Waals surface area (Å²) in [6.45, 7) is 0. The van der Waals surface area contributed by atoms with E-state index in [1.165, 1.54) is 0 Å². The van der Waals surface area contributed by atoms with Gasteiger partial charge in [0.2, 0.25) is 11.7 Å². The summed E-state index contributed by atoms with van der Waals surface area (Å²) < 4.78 is 1.70. The van der Waals surface area contributed by atoms with Gasteiger partial charge in [-0.15, -0.1) is 11.8 Å². The maximum atomic E-state index is 13.5. The normalized spacial score (nSPS) is 12.7. The number of aromatic nitrogens is 2. The summed E-state index contributed by atoms with van der Waals surface area (Å²) in [5, 5.41) is 17.0. The summed E-state index contributed by atoms with van der Waals surface area (Å²) in [6, 6.07) is 25.7. The second-order valence-electron chi connectivity index (χ2n) is 7.75. The molecule has 0 bridgehead atoms. The molecule has 3 aromatic carbocycles. The molecule has 1 aliphatic rings. The number of carbonyl (C=O) groups excluding carboxylic acids is 2. The van der Waals surface area contributed by atoms with Gasteiger partial charge in [0.15, 0.2) is 5.92 Å². The van der Waals surface area contributed by atoms with Crippen molar-refractivity contribution in [2.24, 2.45) is 5.92 Å². The number of Topliss-reactive ketones (excluding diaryl/α,β-unsaturated/α-hetero) is 1. The third-order valence-electron chi connectivity index (χ3n) is 5.56. The fourth-order valence-electron chi connectivity index (χ4n) is 3.91. The van der Waals surface area contributed by atoms with Gasteiger partial charge in [0.1, 0.15) is 5.69 Å². The SMILES string of the molecule is N#CC(C(=O)Nc1ccccc1)C(=O)c1nn(-c2ccc(N)cc2)c2c1CSc1ccccc1-2. The van der Waals surface area contributed by atoms with Crippen LogP contribution in [0.3, 0.4) is 0 Å². The van der Waals surface area contributed by atoms with Gasteiger partial charge in [0, 0.05) is 33.2 Å². The van der Waals surface area contributed by atoms with Crippen LogP contribution in [0.2, 0.25) is 0 Å². The first-order valence-corrected chi connectivity index (χ1v) is 11.5. The second-order valence-corrected chi connectivity index (χ2v) is 8.76. The number of hydrogen-bond donors (Lipinski definition) is 2. The zero-order chi connectivity index (χ0) is 23.7. The average Bonchev–Trinajstić information content (AvgIpc) is 3.26.